The Labute approximate surface area is 163 Å². The number of para-hydroxylation sites is 1. The summed E-state index contributed by atoms with van der Waals surface area (Å²) in [5.74, 6) is 0.248. The van der Waals surface area contributed by atoms with E-state index in [1.54, 1.807) is 18.2 Å². The lowest BCUT2D eigenvalue weighted by atomic mass is 10.1. The van der Waals surface area contributed by atoms with Gasteiger partial charge in [0.15, 0.2) is 0 Å². The Balaban J connectivity index is 1.43. The van der Waals surface area contributed by atoms with E-state index in [0.29, 0.717) is 18.8 Å². The van der Waals surface area contributed by atoms with Crippen molar-refractivity contribution in [2.45, 2.75) is 13.0 Å². The molecule has 142 valence electrons. The maximum atomic E-state index is 12.8. The zero-order valence-electron chi connectivity index (χ0n) is 15.6. The van der Waals surface area contributed by atoms with Crippen LogP contribution in [0.15, 0.2) is 60.8 Å². The molecule has 1 N–H and O–H groups in total. The molecule has 1 aliphatic heterocycles. The minimum Gasteiger partial charge on any atom is -0.497 e. The van der Waals surface area contributed by atoms with Crippen molar-refractivity contribution in [1.29, 1.82) is 0 Å². The molecule has 3 aromatic rings. The van der Waals surface area contributed by atoms with Crippen molar-refractivity contribution < 1.29 is 14.3 Å². The number of nitrogens with one attached hydrogen (secondary N) is 1. The molecule has 0 aliphatic carbocycles. The fourth-order valence-electron chi connectivity index (χ4n) is 3.49. The number of aromatic nitrogens is 1. The van der Waals surface area contributed by atoms with E-state index in [9.17, 15) is 9.59 Å². The molecule has 1 atom stereocenters. The van der Waals surface area contributed by atoms with Crippen molar-refractivity contribution in [1.82, 2.24) is 9.88 Å². The van der Waals surface area contributed by atoms with Gasteiger partial charge in [0.25, 0.3) is 0 Å². The SMILES string of the molecule is COc1ccc(CN2CC(C(=O)Nc3cccc4cccnc34)CC2=O)cc1. The highest BCUT2D eigenvalue weighted by atomic mass is 16.5. The van der Waals surface area contributed by atoms with Gasteiger partial charge >= 0.3 is 0 Å². The molecule has 0 radical (unpaired) electrons. The van der Waals surface area contributed by atoms with E-state index in [2.05, 4.69) is 10.3 Å². The van der Waals surface area contributed by atoms with Gasteiger partial charge in [-0.2, -0.15) is 0 Å². The highest BCUT2D eigenvalue weighted by Crippen LogP contribution is 2.25. The van der Waals surface area contributed by atoms with Crippen LogP contribution in [0.5, 0.6) is 5.75 Å². The Morgan fingerprint density at radius 1 is 1.18 bits per heavy atom. The summed E-state index contributed by atoms with van der Waals surface area (Å²) < 4.78 is 5.16. The van der Waals surface area contributed by atoms with Gasteiger partial charge in [-0.05, 0) is 29.8 Å². The molecule has 1 fully saturated rings. The van der Waals surface area contributed by atoms with E-state index in [0.717, 1.165) is 22.2 Å². The first kappa shape index (κ1) is 18.0. The lowest BCUT2D eigenvalue weighted by molar-refractivity contribution is -0.128. The number of amides is 2. The maximum Gasteiger partial charge on any atom is 0.229 e. The molecule has 4 rings (SSSR count). The Hall–Kier alpha value is -3.41. The molecule has 1 aromatic heterocycles. The summed E-state index contributed by atoms with van der Waals surface area (Å²) >= 11 is 0. The zero-order valence-corrected chi connectivity index (χ0v) is 15.6. The van der Waals surface area contributed by atoms with Crippen LogP contribution in [0.4, 0.5) is 5.69 Å². The number of hydrogen-bond donors (Lipinski definition) is 1. The molecule has 1 unspecified atom stereocenters. The molecular weight excluding hydrogens is 354 g/mol. The van der Waals surface area contributed by atoms with Crippen molar-refractivity contribution >= 4 is 28.4 Å². The van der Waals surface area contributed by atoms with Gasteiger partial charge < -0.3 is 15.0 Å². The third-order valence-corrected chi connectivity index (χ3v) is 5.01. The molecule has 0 bridgehead atoms. The van der Waals surface area contributed by atoms with Gasteiger partial charge in [-0.1, -0.05) is 30.3 Å². The molecule has 2 aromatic carbocycles. The first-order valence-corrected chi connectivity index (χ1v) is 9.19. The van der Waals surface area contributed by atoms with Crippen LogP contribution in [-0.2, 0) is 16.1 Å². The molecule has 6 heteroatoms. The van der Waals surface area contributed by atoms with Crippen molar-refractivity contribution in [3.8, 4) is 5.75 Å². The summed E-state index contributed by atoms with van der Waals surface area (Å²) in [5.41, 5.74) is 2.43. The molecule has 0 saturated carbocycles. The third kappa shape index (κ3) is 3.67. The average molecular weight is 375 g/mol. The zero-order chi connectivity index (χ0) is 19.5. The molecule has 1 aliphatic rings. The summed E-state index contributed by atoms with van der Waals surface area (Å²) in [6.07, 6.45) is 1.92. The van der Waals surface area contributed by atoms with E-state index in [1.165, 1.54) is 0 Å². The van der Waals surface area contributed by atoms with Crippen LogP contribution in [0.3, 0.4) is 0 Å². The second-order valence-electron chi connectivity index (χ2n) is 6.89. The number of likely N-dealkylation sites (tertiary alicyclic amines) is 1. The van der Waals surface area contributed by atoms with Crippen molar-refractivity contribution in [3.63, 3.8) is 0 Å². The van der Waals surface area contributed by atoms with E-state index >= 15 is 0 Å². The van der Waals surface area contributed by atoms with E-state index < -0.39 is 0 Å². The van der Waals surface area contributed by atoms with Gasteiger partial charge in [0.05, 0.1) is 24.2 Å². The van der Waals surface area contributed by atoms with E-state index in [-0.39, 0.29) is 24.2 Å². The minimum atomic E-state index is -0.371. The van der Waals surface area contributed by atoms with Gasteiger partial charge in [0, 0.05) is 31.1 Å². The second-order valence-corrected chi connectivity index (χ2v) is 6.89. The predicted octanol–water partition coefficient (Wildman–Crippen LogP) is 3.23. The van der Waals surface area contributed by atoms with Gasteiger partial charge in [-0.3, -0.25) is 14.6 Å². The molecule has 0 spiro atoms. The lowest BCUT2D eigenvalue weighted by Crippen LogP contribution is -2.28. The van der Waals surface area contributed by atoms with Crippen LogP contribution in [-0.4, -0.2) is 35.4 Å². The average Bonchev–Trinajstić information content (AvgIpc) is 3.09. The number of carbonyl (C=O) groups excluding carboxylic acids is 2. The Morgan fingerprint density at radius 2 is 1.96 bits per heavy atom. The van der Waals surface area contributed by atoms with Crippen LogP contribution >= 0.6 is 0 Å². The summed E-state index contributed by atoms with van der Waals surface area (Å²) in [5, 5.41) is 3.91. The number of ether oxygens (including phenoxy) is 1. The number of fused-ring (bicyclic) bond motifs is 1. The number of nitrogens with zero attached hydrogens (tertiary/aromatic N) is 2. The number of hydrogen-bond acceptors (Lipinski definition) is 4. The highest BCUT2D eigenvalue weighted by Gasteiger charge is 2.34. The second kappa shape index (κ2) is 7.68. The monoisotopic (exact) mass is 375 g/mol. The lowest BCUT2D eigenvalue weighted by Gasteiger charge is -2.17. The van der Waals surface area contributed by atoms with Crippen LogP contribution < -0.4 is 10.1 Å². The topological polar surface area (TPSA) is 71.5 Å². The fourth-order valence-corrected chi connectivity index (χ4v) is 3.49. The summed E-state index contributed by atoms with van der Waals surface area (Å²) in [6, 6.07) is 17.1. The summed E-state index contributed by atoms with van der Waals surface area (Å²) in [7, 11) is 1.62. The summed E-state index contributed by atoms with van der Waals surface area (Å²) in [6.45, 7) is 0.900. The molecule has 1 saturated heterocycles. The molecule has 2 amide bonds. The van der Waals surface area contributed by atoms with Crippen LogP contribution in [0.2, 0.25) is 0 Å². The largest absolute Gasteiger partial charge is 0.497 e. The predicted molar refractivity (Wildman–Crippen MR) is 107 cm³/mol. The van der Waals surface area contributed by atoms with Gasteiger partial charge in [-0.25, -0.2) is 0 Å². The van der Waals surface area contributed by atoms with Gasteiger partial charge in [-0.15, -0.1) is 0 Å². The number of pyridine rings is 1. The Bertz CT molecular complexity index is 1010. The normalized spacial score (nSPS) is 16.4. The van der Waals surface area contributed by atoms with Crippen molar-refractivity contribution in [2.24, 2.45) is 5.92 Å². The van der Waals surface area contributed by atoms with Crippen molar-refractivity contribution in [2.75, 3.05) is 19.0 Å². The first-order valence-electron chi connectivity index (χ1n) is 9.19. The molecule has 6 nitrogen and oxygen atoms in total. The third-order valence-electron chi connectivity index (χ3n) is 5.01. The maximum absolute atomic E-state index is 12.8. The molecule has 28 heavy (non-hydrogen) atoms. The van der Waals surface area contributed by atoms with E-state index in [1.807, 2.05) is 54.6 Å². The first-order chi connectivity index (χ1) is 13.6. The standard InChI is InChI=1S/C22H21N3O3/c1-28-18-9-7-15(8-10-18)13-25-14-17(12-20(25)26)22(27)24-19-6-2-4-16-5-3-11-23-21(16)19/h2-11,17H,12-14H2,1H3,(H,24,27). The summed E-state index contributed by atoms with van der Waals surface area (Å²) in [4.78, 5) is 31.2. The quantitative estimate of drug-likeness (QED) is 0.743. The Morgan fingerprint density at radius 3 is 2.75 bits per heavy atom. The Kier molecular flexibility index (Phi) is 4.93. The fraction of sp³-hybridized carbons (Fsp3) is 0.227. The van der Waals surface area contributed by atoms with E-state index in [4.69, 9.17) is 4.74 Å². The number of anilines is 1. The number of benzene rings is 2. The van der Waals surface area contributed by atoms with Crippen LogP contribution in [0.25, 0.3) is 10.9 Å². The number of rotatable bonds is 5. The molecule has 2 heterocycles. The molecular formula is C22H21N3O3. The number of methoxy groups -OCH3 is 1. The van der Waals surface area contributed by atoms with Gasteiger partial charge in [0.1, 0.15) is 5.75 Å². The highest BCUT2D eigenvalue weighted by molar-refractivity contribution is 6.02. The van der Waals surface area contributed by atoms with Crippen LogP contribution in [0, 0.1) is 5.92 Å². The smallest absolute Gasteiger partial charge is 0.229 e. The number of carbonyl (C=O) groups is 2. The van der Waals surface area contributed by atoms with Crippen molar-refractivity contribution in [3.05, 3.63) is 66.4 Å². The van der Waals surface area contributed by atoms with Crippen LogP contribution in [0.1, 0.15) is 12.0 Å². The van der Waals surface area contributed by atoms with Gasteiger partial charge in [0.2, 0.25) is 11.8 Å². The minimum absolute atomic E-state index is 0.00740.